The highest BCUT2D eigenvalue weighted by Crippen LogP contribution is 2.69. The molecule has 5 rings (SSSR count). The lowest BCUT2D eigenvalue weighted by Gasteiger charge is -2.62. The summed E-state index contributed by atoms with van der Waals surface area (Å²) >= 11 is 2.54. The summed E-state index contributed by atoms with van der Waals surface area (Å²) in [5, 5.41) is 0. The van der Waals surface area contributed by atoms with Gasteiger partial charge in [0.15, 0.2) is 0 Å². The fraction of sp³-hybridized carbons (Fsp3) is 1.00. The van der Waals surface area contributed by atoms with Crippen LogP contribution in [0.4, 0.5) is 0 Å². The summed E-state index contributed by atoms with van der Waals surface area (Å²) in [6, 6.07) is 0. The van der Waals surface area contributed by atoms with Gasteiger partial charge in [0.1, 0.15) is 0 Å². The average Bonchev–Trinajstić information content (AvgIpc) is 3.35. The van der Waals surface area contributed by atoms with Crippen LogP contribution in [0.5, 0.6) is 0 Å². The minimum absolute atomic E-state index is 0.264. The molecule has 1 saturated heterocycles. The third kappa shape index (κ3) is 4.40. The first-order chi connectivity index (χ1) is 15.7. The van der Waals surface area contributed by atoms with Crippen LogP contribution in [0.2, 0.25) is 0 Å². The number of halogens is 1. The van der Waals surface area contributed by atoms with E-state index in [-0.39, 0.29) is 5.60 Å². The van der Waals surface area contributed by atoms with Crippen molar-refractivity contribution in [3.8, 4) is 0 Å². The summed E-state index contributed by atoms with van der Waals surface area (Å²) in [6.45, 7) is 12.9. The van der Waals surface area contributed by atoms with Crippen LogP contribution >= 0.6 is 22.6 Å². The van der Waals surface area contributed by atoms with Gasteiger partial charge in [-0.05, 0) is 123 Å². The van der Waals surface area contributed by atoms with E-state index in [9.17, 15) is 0 Å². The fourth-order valence-electron chi connectivity index (χ4n) is 10.7. The number of hydrogen-bond donors (Lipinski definition) is 0. The molecule has 5 aliphatic rings. The number of alkyl halides is 1. The first kappa shape index (κ1) is 25.3. The number of rotatable bonds is 6. The summed E-state index contributed by atoms with van der Waals surface area (Å²) in [5.41, 5.74) is 1.50. The van der Waals surface area contributed by atoms with Crippen LogP contribution in [-0.4, -0.2) is 16.1 Å². The molecule has 1 aliphatic heterocycles. The van der Waals surface area contributed by atoms with Crippen molar-refractivity contribution in [1.82, 2.24) is 0 Å². The van der Waals surface area contributed by atoms with Gasteiger partial charge in [0.05, 0.1) is 11.7 Å². The first-order valence-corrected chi connectivity index (χ1v) is 16.5. The molecule has 0 unspecified atom stereocenters. The minimum Gasteiger partial charge on any atom is -0.371 e. The highest BCUT2D eigenvalue weighted by molar-refractivity contribution is 14.1. The van der Waals surface area contributed by atoms with Gasteiger partial charge in [0, 0.05) is 4.43 Å². The Morgan fingerprint density at radius 1 is 0.818 bits per heavy atom. The Hall–Kier alpha value is 0.690. The van der Waals surface area contributed by atoms with Crippen molar-refractivity contribution in [2.45, 2.75) is 136 Å². The van der Waals surface area contributed by atoms with Gasteiger partial charge in [0.25, 0.3) is 0 Å². The summed E-state index contributed by atoms with van der Waals surface area (Å²) in [4.78, 5) is 0. The van der Waals surface area contributed by atoms with Crippen molar-refractivity contribution < 1.29 is 4.74 Å². The first-order valence-electron chi connectivity index (χ1n) is 14.9. The lowest BCUT2D eigenvalue weighted by Crippen LogP contribution is -2.56. The van der Waals surface area contributed by atoms with E-state index in [0.717, 1.165) is 41.4 Å². The average molecular weight is 569 g/mol. The zero-order valence-corrected chi connectivity index (χ0v) is 24.7. The molecule has 5 fully saturated rings. The predicted molar refractivity (Wildman–Crippen MR) is 149 cm³/mol. The van der Waals surface area contributed by atoms with E-state index in [2.05, 4.69) is 57.2 Å². The van der Waals surface area contributed by atoms with Crippen molar-refractivity contribution >= 4 is 22.6 Å². The van der Waals surface area contributed by atoms with Gasteiger partial charge in [-0.15, -0.1) is 0 Å². The minimum atomic E-state index is 0.264. The van der Waals surface area contributed by atoms with E-state index in [4.69, 9.17) is 4.74 Å². The van der Waals surface area contributed by atoms with Crippen LogP contribution in [0.3, 0.4) is 0 Å². The monoisotopic (exact) mass is 568 g/mol. The largest absolute Gasteiger partial charge is 0.371 e. The molecule has 1 spiro atoms. The van der Waals surface area contributed by atoms with Crippen molar-refractivity contribution in [2.75, 3.05) is 4.43 Å². The SMILES string of the molecule is CC(C)CCC[C@@H](C)[C@H]1CC[C@H]2[C@@H]3CC[C@H]4C[C@]5(CC[C@H](CI)O5)CC[C@]4(C)[C@H]3CC[C@]12C. The van der Waals surface area contributed by atoms with E-state index in [1.54, 1.807) is 6.42 Å². The Morgan fingerprint density at radius 3 is 2.33 bits per heavy atom. The second-order valence-electron chi connectivity index (χ2n) is 14.5. The second kappa shape index (κ2) is 9.53. The maximum atomic E-state index is 6.73. The maximum absolute atomic E-state index is 6.73. The summed E-state index contributed by atoms with van der Waals surface area (Å²) in [6.07, 6.45) is 20.9. The van der Waals surface area contributed by atoms with E-state index in [1.165, 1.54) is 87.9 Å². The zero-order valence-electron chi connectivity index (χ0n) is 22.5. The molecule has 0 amide bonds. The van der Waals surface area contributed by atoms with Crippen LogP contribution < -0.4 is 0 Å². The predicted octanol–water partition coefficient (Wildman–Crippen LogP) is 9.46. The number of hydrogen-bond acceptors (Lipinski definition) is 1. The molecular formula is C31H53IO. The molecule has 190 valence electrons. The van der Waals surface area contributed by atoms with Gasteiger partial charge in [-0.2, -0.15) is 0 Å². The van der Waals surface area contributed by atoms with Gasteiger partial charge in [-0.1, -0.05) is 76.5 Å². The topological polar surface area (TPSA) is 9.23 Å². The van der Waals surface area contributed by atoms with Gasteiger partial charge >= 0.3 is 0 Å². The number of fused-ring (bicyclic) bond motifs is 5. The Morgan fingerprint density at radius 2 is 1.61 bits per heavy atom. The quantitative estimate of drug-likeness (QED) is 0.229. The normalized spacial score (nSPS) is 50.3. The van der Waals surface area contributed by atoms with Gasteiger partial charge in [-0.3, -0.25) is 0 Å². The number of ether oxygens (including phenoxy) is 1. The zero-order chi connectivity index (χ0) is 23.4. The lowest BCUT2D eigenvalue weighted by atomic mass is 9.43. The molecule has 4 saturated carbocycles. The van der Waals surface area contributed by atoms with E-state index >= 15 is 0 Å². The standard InChI is InChI=1S/C31H53IO/c1-21(2)7-6-8-22(3)26-11-12-27-25-10-9-23-19-31(16-13-24(20-32)33-31)18-17-29(23,4)28(25)14-15-30(26,27)5/h21-28H,6-20H2,1-5H3/t22-,23+,24-,25+,26-,27+,28+,29+,30-,31+/m1/s1. The van der Waals surface area contributed by atoms with E-state index in [1.807, 2.05) is 0 Å². The van der Waals surface area contributed by atoms with Crippen molar-refractivity contribution in [3.63, 3.8) is 0 Å². The van der Waals surface area contributed by atoms with Crippen LogP contribution in [-0.2, 0) is 4.74 Å². The molecule has 10 atom stereocenters. The van der Waals surface area contributed by atoms with Crippen molar-refractivity contribution in [2.24, 2.45) is 52.3 Å². The fourth-order valence-corrected chi connectivity index (χ4v) is 11.3. The molecule has 0 radical (unpaired) electrons. The van der Waals surface area contributed by atoms with E-state index < -0.39 is 0 Å². The third-order valence-corrected chi connectivity index (χ3v) is 13.5. The molecule has 0 aromatic heterocycles. The van der Waals surface area contributed by atoms with Crippen molar-refractivity contribution in [1.29, 1.82) is 0 Å². The van der Waals surface area contributed by atoms with Crippen LogP contribution in [0.25, 0.3) is 0 Å². The molecule has 2 heteroatoms. The summed E-state index contributed by atoms with van der Waals surface area (Å²) < 4.78 is 7.92. The summed E-state index contributed by atoms with van der Waals surface area (Å²) in [5.74, 6) is 6.77. The van der Waals surface area contributed by atoms with Gasteiger partial charge in [-0.25, -0.2) is 0 Å². The van der Waals surface area contributed by atoms with E-state index in [0.29, 0.717) is 16.9 Å². The van der Waals surface area contributed by atoms with Crippen molar-refractivity contribution in [3.05, 3.63) is 0 Å². The molecule has 1 heterocycles. The Labute approximate surface area is 219 Å². The van der Waals surface area contributed by atoms with Gasteiger partial charge < -0.3 is 4.74 Å². The molecule has 1 nitrogen and oxygen atoms in total. The Balaban J connectivity index is 1.26. The highest BCUT2D eigenvalue weighted by atomic mass is 127. The molecule has 0 aromatic rings. The third-order valence-electron chi connectivity index (χ3n) is 12.5. The van der Waals surface area contributed by atoms with Crippen LogP contribution in [0, 0.1) is 52.3 Å². The highest BCUT2D eigenvalue weighted by Gasteiger charge is 2.62. The molecular weight excluding hydrogens is 515 g/mol. The summed E-state index contributed by atoms with van der Waals surface area (Å²) in [7, 11) is 0. The molecule has 4 aliphatic carbocycles. The molecule has 33 heavy (non-hydrogen) atoms. The second-order valence-corrected chi connectivity index (χ2v) is 15.4. The van der Waals surface area contributed by atoms with Crippen LogP contribution in [0.15, 0.2) is 0 Å². The molecule has 0 aromatic carbocycles. The van der Waals surface area contributed by atoms with Gasteiger partial charge in [0.2, 0.25) is 0 Å². The lowest BCUT2D eigenvalue weighted by molar-refractivity contribution is -0.162. The van der Waals surface area contributed by atoms with Crippen LogP contribution in [0.1, 0.15) is 125 Å². The maximum Gasteiger partial charge on any atom is 0.0690 e. The molecule has 0 N–H and O–H groups in total. The molecule has 0 bridgehead atoms. The Kier molecular flexibility index (Phi) is 7.32. The Bertz CT molecular complexity index is 690. The smallest absolute Gasteiger partial charge is 0.0690 e.